The summed E-state index contributed by atoms with van der Waals surface area (Å²) in [5.74, 6) is 1.28. The van der Waals surface area contributed by atoms with Gasteiger partial charge in [0.25, 0.3) is 11.5 Å². The number of aromatic nitrogens is 1. The number of amides is 2. The van der Waals surface area contributed by atoms with Crippen LogP contribution in [0.1, 0.15) is 6.92 Å². The number of hydrogen-bond acceptors (Lipinski definition) is 9. The maximum Gasteiger partial charge on any atom is 0.270 e. The summed E-state index contributed by atoms with van der Waals surface area (Å²) in [5.41, 5.74) is 0.726. The van der Waals surface area contributed by atoms with Gasteiger partial charge in [-0.2, -0.15) is 22.3 Å². The normalized spacial score (nSPS) is 15.0. The van der Waals surface area contributed by atoms with Crippen LogP contribution in [0.5, 0.6) is 0 Å². The minimum absolute atomic E-state index is 0.0824. The fraction of sp³-hybridized carbons (Fsp3) is 0.348. The van der Waals surface area contributed by atoms with E-state index in [0.717, 1.165) is 35.9 Å². The number of benzene rings is 1. The first-order valence-corrected chi connectivity index (χ1v) is 12.9. The van der Waals surface area contributed by atoms with E-state index in [1.54, 1.807) is 37.3 Å². The molecule has 182 valence electrons. The molecule has 1 saturated heterocycles. The van der Waals surface area contributed by atoms with Crippen molar-refractivity contribution in [3.8, 4) is 12.1 Å². The Bertz CT molecular complexity index is 1340. The Balaban J connectivity index is 1.80. The topological polar surface area (TPSA) is 143 Å². The van der Waals surface area contributed by atoms with Gasteiger partial charge in [-0.3, -0.25) is 23.9 Å². The number of nitrogens with zero attached hydrogens (tertiary/aromatic N) is 4. The minimum Gasteiger partial charge on any atom is -0.360 e. The molecule has 1 aliphatic rings. The second kappa shape index (κ2) is 12.8. The Morgan fingerprint density at radius 2 is 1.94 bits per heavy atom. The quantitative estimate of drug-likeness (QED) is 0.423. The number of thioether (sulfide) groups is 1. The van der Waals surface area contributed by atoms with Crippen molar-refractivity contribution >= 4 is 58.1 Å². The zero-order chi connectivity index (χ0) is 25.2. The Morgan fingerprint density at radius 1 is 1.20 bits per heavy atom. The highest BCUT2D eigenvalue weighted by atomic mass is 32.2. The van der Waals surface area contributed by atoms with Gasteiger partial charge in [-0.25, -0.2) is 0 Å². The van der Waals surface area contributed by atoms with Crippen LogP contribution in [0.4, 0.5) is 11.4 Å². The molecule has 2 amide bonds. The number of nitrogens with one attached hydrogen (secondary N) is 3. The number of carbonyl (C=O) groups excluding carboxylic acids is 2. The van der Waals surface area contributed by atoms with Crippen LogP contribution in [0.2, 0.25) is 0 Å². The summed E-state index contributed by atoms with van der Waals surface area (Å²) < 4.78 is 1.87. The summed E-state index contributed by atoms with van der Waals surface area (Å²) in [5, 5.41) is 26.4. The molecule has 2 aromatic rings. The summed E-state index contributed by atoms with van der Waals surface area (Å²) in [6.45, 7) is 3.92. The van der Waals surface area contributed by atoms with Crippen LogP contribution in [0.3, 0.4) is 0 Å². The number of hydrogen-bond donors (Lipinski definition) is 3. The van der Waals surface area contributed by atoms with Gasteiger partial charge in [0.1, 0.15) is 21.8 Å². The molecule has 0 radical (unpaired) electrons. The Morgan fingerprint density at radius 3 is 2.63 bits per heavy atom. The van der Waals surface area contributed by atoms with E-state index < -0.39 is 5.91 Å². The van der Waals surface area contributed by atoms with E-state index in [-0.39, 0.29) is 34.8 Å². The van der Waals surface area contributed by atoms with Gasteiger partial charge >= 0.3 is 0 Å². The fourth-order valence-corrected chi connectivity index (χ4v) is 5.46. The molecule has 0 aliphatic carbocycles. The highest BCUT2D eigenvalue weighted by Gasteiger charge is 2.15. The van der Waals surface area contributed by atoms with Crippen molar-refractivity contribution in [2.75, 3.05) is 48.3 Å². The second-order valence-electron chi connectivity index (χ2n) is 7.45. The first-order valence-electron chi connectivity index (χ1n) is 10.9. The number of nitriles is 2. The molecule has 0 spiro atoms. The molecule has 3 N–H and O–H groups in total. The van der Waals surface area contributed by atoms with Gasteiger partial charge in [0.2, 0.25) is 5.91 Å². The number of thiazole rings is 1. The maximum atomic E-state index is 12.8. The van der Waals surface area contributed by atoms with Crippen molar-refractivity contribution < 1.29 is 9.59 Å². The van der Waals surface area contributed by atoms with E-state index in [1.165, 1.54) is 10.8 Å². The molecule has 1 aromatic heterocycles. The summed E-state index contributed by atoms with van der Waals surface area (Å²) in [4.78, 5) is 39.6. The largest absolute Gasteiger partial charge is 0.360 e. The smallest absolute Gasteiger partial charge is 0.270 e. The van der Waals surface area contributed by atoms with Gasteiger partial charge in [-0.05, 0) is 25.1 Å². The van der Waals surface area contributed by atoms with Crippen molar-refractivity contribution in [3.05, 3.63) is 43.8 Å². The predicted octanol–water partition coefficient (Wildman–Crippen LogP) is 0.0812. The van der Waals surface area contributed by atoms with E-state index in [1.807, 2.05) is 17.8 Å². The van der Waals surface area contributed by atoms with Crippen molar-refractivity contribution in [1.29, 1.82) is 10.5 Å². The van der Waals surface area contributed by atoms with Gasteiger partial charge in [-0.1, -0.05) is 6.07 Å². The SMILES string of the molecule is CCn1c(=C(C#N)C(=O)NCC#N)sc(=CNc2cccc(NC(=O)CN3CCSCC3)c2)c1=O. The molecule has 2 heterocycles. The van der Waals surface area contributed by atoms with Crippen LogP contribution >= 0.6 is 23.1 Å². The number of rotatable bonds is 8. The molecule has 1 fully saturated rings. The third kappa shape index (κ3) is 6.96. The summed E-state index contributed by atoms with van der Waals surface area (Å²) in [6, 6.07) is 10.8. The minimum atomic E-state index is -0.705. The van der Waals surface area contributed by atoms with Gasteiger partial charge in [-0.15, -0.1) is 11.3 Å². The van der Waals surface area contributed by atoms with Crippen LogP contribution in [0.15, 0.2) is 29.1 Å². The lowest BCUT2D eigenvalue weighted by Crippen LogP contribution is -2.38. The molecule has 0 bridgehead atoms. The van der Waals surface area contributed by atoms with Crippen molar-refractivity contribution in [1.82, 2.24) is 14.8 Å². The number of carbonyl (C=O) groups is 2. The van der Waals surface area contributed by atoms with E-state index in [2.05, 4.69) is 20.9 Å². The fourth-order valence-electron chi connectivity index (χ4n) is 3.39. The van der Waals surface area contributed by atoms with Gasteiger partial charge in [0, 0.05) is 48.7 Å². The monoisotopic (exact) mass is 511 g/mol. The van der Waals surface area contributed by atoms with Gasteiger partial charge in [0.05, 0.1) is 12.6 Å². The van der Waals surface area contributed by atoms with E-state index >= 15 is 0 Å². The average molecular weight is 512 g/mol. The first-order chi connectivity index (χ1) is 17.0. The Kier molecular flexibility index (Phi) is 9.49. The standard InChI is InChI=1S/C23H25N7O3S2/c1-2-30-22(33)19(35-23(30)18(13-25)21(32)26-7-6-24)14-27-16-4-3-5-17(12-16)28-20(31)15-29-8-10-34-11-9-29/h3-5,12,14,27H,2,7-11,15H2,1H3,(H,26,32)(H,28,31). The molecule has 10 nitrogen and oxygen atoms in total. The molecule has 0 saturated carbocycles. The van der Waals surface area contributed by atoms with Crippen LogP contribution < -0.4 is 30.7 Å². The Labute approximate surface area is 210 Å². The summed E-state index contributed by atoms with van der Waals surface area (Å²) in [6.07, 6.45) is 1.51. The molecule has 12 heteroatoms. The first kappa shape index (κ1) is 26.0. The average Bonchev–Trinajstić information content (AvgIpc) is 3.17. The van der Waals surface area contributed by atoms with Crippen LogP contribution in [-0.4, -0.2) is 59.0 Å². The molecule has 3 rings (SSSR count). The second-order valence-corrected chi connectivity index (χ2v) is 9.71. The Hall–Kier alpha value is -3.58. The van der Waals surface area contributed by atoms with Crippen molar-refractivity contribution in [2.45, 2.75) is 13.5 Å². The van der Waals surface area contributed by atoms with Crippen LogP contribution in [-0.2, 0) is 16.1 Å². The molecular weight excluding hydrogens is 486 g/mol. The summed E-state index contributed by atoms with van der Waals surface area (Å²) >= 11 is 2.90. The molecule has 1 aromatic carbocycles. The van der Waals surface area contributed by atoms with E-state index in [9.17, 15) is 19.6 Å². The van der Waals surface area contributed by atoms with E-state index in [0.29, 0.717) is 22.5 Å². The highest BCUT2D eigenvalue weighted by Crippen LogP contribution is 2.15. The molecule has 0 atom stereocenters. The lowest BCUT2D eigenvalue weighted by Gasteiger charge is -2.25. The zero-order valence-electron chi connectivity index (χ0n) is 19.2. The van der Waals surface area contributed by atoms with Crippen LogP contribution in [0.25, 0.3) is 11.8 Å². The van der Waals surface area contributed by atoms with Crippen molar-refractivity contribution in [2.24, 2.45) is 0 Å². The lowest BCUT2D eigenvalue weighted by molar-refractivity contribution is -0.117. The van der Waals surface area contributed by atoms with Crippen LogP contribution in [0, 0.1) is 22.7 Å². The lowest BCUT2D eigenvalue weighted by atomic mass is 10.2. The van der Waals surface area contributed by atoms with Crippen molar-refractivity contribution in [3.63, 3.8) is 0 Å². The molecular formula is C23H25N7O3S2. The van der Waals surface area contributed by atoms with E-state index in [4.69, 9.17) is 5.26 Å². The molecule has 0 unspecified atom stereocenters. The highest BCUT2D eigenvalue weighted by molar-refractivity contribution is 7.99. The predicted molar refractivity (Wildman–Crippen MR) is 138 cm³/mol. The molecule has 35 heavy (non-hydrogen) atoms. The third-order valence-electron chi connectivity index (χ3n) is 5.09. The zero-order valence-corrected chi connectivity index (χ0v) is 20.8. The summed E-state index contributed by atoms with van der Waals surface area (Å²) in [7, 11) is 0. The van der Waals surface area contributed by atoms with Gasteiger partial charge in [0.15, 0.2) is 5.57 Å². The van der Waals surface area contributed by atoms with Gasteiger partial charge < -0.3 is 16.0 Å². The molecule has 1 aliphatic heterocycles. The third-order valence-corrected chi connectivity index (χ3v) is 7.16. The maximum absolute atomic E-state index is 12.8. The number of anilines is 2.